The smallest absolute Gasteiger partial charge is 0.216 e. The Bertz CT molecular complexity index is 425. The molecule has 0 aliphatic carbocycles. The minimum absolute atomic E-state index is 0.0540. The number of ether oxygens (including phenoxy) is 3. The van der Waals surface area contributed by atoms with Crippen molar-refractivity contribution >= 4 is 0 Å². The van der Waals surface area contributed by atoms with E-state index in [4.69, 9.17) is 14.2 Å². The van der Waals surface area contributed by atoms with Crippen LogP contribution in [0.5, 0.6) is 11.8 Å². The second-order valence-electron chi connectivity index (χ2n) is 4.53. The van der Waals surface area contributed by atoms with Crippen molar-refractivity contribution < 1.29 is 14.2 Å². The van der Waals surface area contributed by atoms with Gasteiger partial charge in [0.25, 0.3) is 0 Å². The van der Waals surface area contributed by atoms with Crippen LogP contribution in [0.3, 0.4) is 0 Å². The molecule has 0 bridgehead atoms. The SMILES string of the molecule is C=C[C@@H]1N[C@H](C)CO[C@@H]1COc1cccc(OC)n1. The first-order valence-corrected chi connectivity index (χ1v) is 6.37. The fourth-order valence-electron chi connectivity index (χ4n) is 1.98. The number of nitrogens with zero attached hydrogens (tertiary/aromatic N) is 1. The number of pyridine rings is 1. The number of hydrogen-bond donors (Lipinski definition) is 1. The molecule has 5 nitrogen and oxygen atoms in total. The van der Waals surface area contributed by atoms with Gasteiger partial charge in [-0.1, -0.05) is 12.1 Å². The van der Waals surface area contributed by atoms with Gasteiger partial charge in [0.1, 0.15) is 12.7 Å². The molecule has 5 heteroatoms. The van der Waals surface area contributed by atoms with E-state index in [0.29, 0.717) is 31.0 Å². The van der Waals surface area contributed by atoms with Gasteiger partial charge in [-0.15, -0.1) is 6.58 Å². The van der Waals surface area contributed by atoms with E-state index >= 15 is 0 Å². The van der Waals surface area contributed by atoms with E-state index in [1.165, 1.54) is 0 Å². The van der Waals surface area contributed by atoms with E-state index in [-0.39, 0.29) is 12.1 Å². The van der Waals surface area contributed by atoms with E-state index in [1.807, 2.05) is 12.1 Å². The van der Waals surface area contributed by atoms with Crippen LogP contribution in [0.4, 0.5) is 0 Å². The van der Waals surface area contributed by atoms with Gasteiger partial charge in [0, 0.05) is 18.2 Å². The van der Waals surface area contributed by atoms with Crippen LogP contribution >= 0.6 is 0 Å². The molecule has 1 N–H and O–H groups in total. The highest BCUT2D eigenvalue weighted by atomic mass is 16.5. The van der Waals surface area contributed by atoms with Crippen molar-refractivity contribution in [2.24, 2.45) is 0 Å². The molecule has 0 spiro atoms. The van der Waals surface area contributed by atoms with Crippen LogP contribution in [0, 0.1) is 0 Å². The van der Waals surface area contributed by atoms with Crippen LogP contribution in [-0.4, -0.2) is 43.5 Å². The Morgan fingerprint density at radius 3 is 3.05 bits per heavy atom. The van der Waals surface area contributed by atoms with Crippen molar-refractivity contribution in [2.45, 2.75) is 25.1 Å². The average molecular weight is 264 g/mol. The predicted octanol–water partition coefficient (Wildman–Crippen LogP) is 1.40. The van der Waals surface area contributed by atoms with Crippen LogP contribution in [0.1, 0.15) is 6.92 Å². The number of morpholine rings is 1. The molecule has 0 aromatic carbocycles. The summed E-state index contributed by atoms with van der Waals surface area (Å²) >= 11 is 0. The van der Waals surface area contributed by atoms with Gasteiger partial charge in [0.2, 0.25) is 11.8 Å². The number of hydrogen-bond acceptors (Lipinski definition) is 5. The highest BCUT2D eigenvalue weighted by molar-refractivity contribution is 5.19. The van der Waals surface area contributed by atoms with Gasteiger partial charge in [0.15, 0.2) is 0 Å². The lowest BCUT2D eigenvalue weighted by Gasteiger charge is -2.34. The zero-order valence-corrected chi connectivity index (χ0v) is 11.3. The Labute approximate surface area is 113 Å². The van der Waals surface area contributed by atoms with E-state index in [1.54, 1.807) is 19.2 Å². The van der Waals surface area contributed by atoms with Crippen molar-refractivity contribution in [3.05, 3.63) is 30.9 Å². The predicted molar refractivity (Wildman–Crippen MR) is 72.6 cm³/mol. The van der Waals surface area contributed by atoms with Gasteiger partial charge >= 0.3 is 0 Å². The summed E-state index contributed by atoms with van der Waals surface area (Å²) in [4.78, 5) is 4.20. The number of methoxy groups -OCH3 is 1. The molecule has 0 saturated carbocycles. The molecular weight excluding hydrogens is 244 g/mol. The van der Waals surface area contributed by atoms with Gasteiger partial charge < -0.3 is 19.5 Å². The Morgan fingerprint density at radius 1 is 1.53 bits per heavy atom. The summed E-state index contributed by atoms with van der Waals surface area (Å²) in [6, 6.07) is 5.83. The maximum absolute atomic E-state index is 5.75. The Kier molecular flexibility index (Phi) is 4.76. The number of nitrogens with one attached hydrogen (secondary N) is 1. The molecule has 1 aliphatic heterocycles. The van der Waals surface area contributed by atoms with Crippen molar-refractivity contribution in [1.82, 2.24) is 10.3 Å². The molecule has 1 saturated heterocycles. The second kappa shape index (κ2) is 6.54. The van der Waals surface area contributed by atoms with Crippen LogP contribution < -0.4 is 14.8 Å². The molecule has 0 radical (unpaired) electrons. The molecule has 0 unspecified atom stereocenters. The van der Waals surface area contributed by atoms with Crippen LogP contribution in [0.2, 0.25) is 0 Å². The van der Waals surface area contributed by atoms with Crippen LogP contribution in [0.25, 0.3) is 0 Å². The largest absolute Gasteiger partial charge is 0.481 e. The van der Waals surface area contributed by atoms with Crippen molar-refractivity contribution in [3.63, 3.8) is 0 Å². The van der Waals surface area contributed by atoms with Crippen molar-refractivity contribution in [2.75, 3.05) is 20.3 Å². The molecule has 2 rings (SSSR count). The standard InChI is InChI=1S/C14H20N2O3/c1-4-11-12(18-8-10(2)15-11)9-19-14-7-5-6-13(16-14)17-3/h4-7,10-12,15H,1,8-9H2,2-3H3/t10-,11+,12-/m1/s1. The first kappa shape index (κ1) is 13.8. The summed E-state index contributed by atoms with van der Waals surface area (Å²) in [5, 5.41) is 3.41. The first-order valence-electron chi connectivity index (χ1n) is 6.37. The summed E-state index contributed by atoms with van der Waals surface area (Å²) in [6.07, 6.45) is 1.80. The summed E-state index contributed by atoms with van der Waals surface area (Å²) in [5.74, 6) is 1.07. The third-order valence-electron chi connectivity index (χ3n) is 2.99. The second-order valence-corrected chi connectivity index (χ2v) is 4.53. The van der Waals surface area contributed by atoms with Crippen LogP contribution in [0.15, 0.2) is 30.9 Å². The fourth-order valence-corrected chi connectivity index (χ4v) is 1.98. The maximum Gasteiger partial charge on any atom is 0.216 e. The molecule has 104 valence electrons. The molecule has 1 fully saturated rings. The minimum Gasteiger partial charge on any atom is -0.481 e. The van der Waals surface area contributed by atoms with Crippen molar-refractivity contribution in [3.8, 4) is 11.8 Å². The average Bonchev–Trinajstić information content (AvgIpc) is 2.46. The molecule has 3 atom stereocenters. The monoisotopic (exact) mass is 264 g/mol. The lowest BCUT2D eigenvalue weighted by atomic mass is 10.1. The quantitative estimate of drug-likeness (QED) is 0.815. The van der Waals surface area contributed by atoms with E-state index in [9.17, 15) is 0 Å². The molecule has 1 aromatic heterocycles. The Hall–Kier alpha value is -1.59. The zero-order chi connectivity index (χ0) is 13.7. The lowest BCUT2D eigenvalue weighted by molar-refractivity contribution is -0.0352. The highest BCUT2D eigenvalue weighted by Crippen LogP contribution is 2.15. The van der Waals surface area contributed by atoms with Gasteiger partial charge in [-0.25, -0.2) is 0 Å². The summed E-state index contributed by atoms with van der Waals surface area (Å²) in [7, 11) is 1.58. The molecule has 0 amide bonds. The fraction of sp³-hybridized carbons (Fsp3) is 0.500. The van der Waals surface area contributed by atoms with Gasteiger partial charge in [-0.2, -0.15) is 4.98 Å². The lowest BCUT2D eigenvalue weighted by Crippen LogP contribution is -2.53. The molecule has 1 aliphatic rings. The normalized spacial score (nSPS) is 26.7. The number of aromatic nitrogens is 1. The maximum atomic E-state index is 5.75. The highest BCUT2D eigenvalue weighted by Gasteiger charge is 2.27. The van der Waals surface area contributed by atoms with E-state index in [2.05, 4.69) is 23.8 Å². The van der Waals surface area contributed by atoms with Gasteiger partial charge in [-0.05, 0) is 6.92 Å². The summed E-state index contributed by atoms with van der Waals surface area (Å²) in [5.41, 5.74) is 0. The molecule has 2 heterocycles. The van der Waals surface area contributed by atoms with Crippen molar-refractivity contribution in [1.29, 1.82) is 0 Å². The third-order valence-corrected chi connectivity index (χ3v) is 2.99. The Morgan fingerprint density at radius 2 is 2.32 bits per heavy atom. The molecule has 1 aromatic rings. The van der Waals surface area contributed by atoms with Gasteiger partial charge in [-0.3, -0.25) is 0 Å². The molecular formula is C14H20N2O3. The summed E-state index contributed by atoms with van der Waals surface area (Å²) < 4.78 is 16.5. The summed E-state index contributed by atoms with van der Waals surface area (Å²) in [6.45, 7) is 7.00. The minimum atomic E-state index is -0.0540. The topological polar surface area (TPSA) is 52.6 Å². The van der Waals surface area contributed by atoms with Crippen LogP contribution in [-0.2, 0) is 4.74 Å². The van der Waals surface area contributed by atoms with E-state index < -0.39 is 0 Å². The Balaban J connectivity index is 1.91. The third kappa shape index (κ3) is 3.68. The van der Waals surface area contributed by atoms with Gasteiger partial charge in [0.05, 0.1) is 19.8 Å². The number of rotatable bonds is 5. The molecule has 19 heavy (non-hydrogen) atoms. The van der Waals surface area contributed by atoms with E-state index in [0.717, 1.165) is 0 Å². The zero-order valence-electron chi connectivity index (χ0n) is 11.3. The first-order chi connectivity index (χ1) is 9.22.